The van der Waals surface area contributed by atoms with Crippen LogP contribution in [0.1, 0.15) is 0 Å². The van der Waals surface area contributed by atoms with E-state index in [1.165, 1.54) is 0 Å². The van der Waals surface area contributed by atoms with E-state index >= 15 is 0 Å². The van der Waals surface area contributed by atoms with Gasteiger partial charge in [-0.3, -0.25) is 4.55 Å². The Morgan fingerprint density at radius 3 is 2.27 bits per heavy atom. The van der Waals surface area contributed by atoms with Gasteiger partial charge in [-0.1, -0.05) is 36.4 Å². The van der Waals surface area contributed by atoms with Crippen LogP contribution >= 0.6 is 0 Å². The summed E-state index contributed by atoms with van der Waals surface area (Å²) in [4.78, 5) is -1.30. The van der Waals surface area contributed by atoms with Crippen molar-refractivity contribution < 1.29 is 31.4 Å². The van der Waals surface area contributed by atoms with E-state index in [2.05, 4.69) is 10.2 Å². The van der Waals surface area contributed by atoms with Crippen molar-refractivity contribution in [1.82, 2.24) is 0 Å². The normalized spacial score (nSPS) is 14.0. The van der Waals surface area contributed by atoms with E-state index in [0.29, 0.717) is 11.9 Å². The molecule has 0 aromatic heterocycles. The molecule has 0 bridgehead atoms. The van der Waals surface area contributed by atoms with Crippen molar-refractivity contribution in [2.45, 2.75) is 9.79 Å². The molecule has 0 heterocycles. The van der Waals surface area contributed by atoms with Gasteiger partial charge in [-0.15, -0.1) is 10.2 Å². The summed E-state index contributed by atoms with van der Waals surface area (Å²) in [6.45, 7) is 0. The number of hydrogen-bond acceptors (Lipinski definition) is 7. The summed E-state index contributed by atoms with van der Waals surface area (Å²) in [6.07, 6.45) is 0.675. The highest BCUT2D eigenvalue weighted by atomic mass is 32.3. The first kappa shape index (κ1) is 22.8. The lowest BCUT2D eigenvalue weighted by Gasteiger charge is -2.26. The van der Waals surface area contributed by atoms with Gasteiger partial charge in [0.25, 0.3) is 10.1 Å². The van der Waals surface area contributed by atoms with Crippen molar-refractivity contribution in [2.24, 2.45) is 10.2 Å². The topological polar surface area (TPSA) is 183 Å². The molecule has 0 fully saturated rings. The molecule has 0 aliphatic rings. The van der Waals surface area contributed by atoms with Gasteiger partial charge in [0, 0.05) is 22.7 Å². The number of nitrogens with zero attached hydrogens (tertiary/aromatic N) is 2. The third-order valence-electron chi connectivity index (χ3n) is 5.00. The lowest BCUT2D eigenvalue weighted by molar-refractivity contribution is 0.398. The third-order valence-corrected chi connectivity index (χ3v) is 7.19. The summed E-state index contributed by atoms with van der Waals surface area (Å²) in [5.74, 6) is -0.719. The van der Waals surface area contributed by atoms with Crippen LogP contribution in [0.3, 0.4) is 0 Å². The molecule has 0 saturated heterocycles. The van der Waals surface area contributed by atoms with Gasteiger partial charge in [-0.2, -0.15) is 8.42 Å². The summed E-state index contributed by atoms with van der Waals surface area (Å²) in [7, 11) is -10.2. The Morgan fingerprint density at radius 1 is 0.939 bits per heavy atom. The molecule has 4 aromatic carbocycles. The van der Waals surface area contributed by atoms with E-state index in [1.807, 2.05) is 18.2 Å². The highest BCUT2D eigenvalue weighted by Gasteiger charge is 2.29. The van der Waals surface area contributed by atoms with Crippen LogP contribution in [0.15, 0.2) is 80.7 Å². The minimum atomic E-state index is -5.24. The van der Waals surface area contributed by atoms with Crippen LogP contribution in [0.5, 0.6) is 5.75 Å². The van der Waals surface area contributed by atoms with Crippen molar-refractivity contribution >= 4 is 58.4 Å². The highest BCUT2D eigenvalue weighted by Crippen LogP contribution is 2.45. The molecule has 10 nitrogen and oxygen atoms in total. The molecular formula is C21H19N3O7S2. The van der Waals surface area contributed by atoms with E-state index < -0.39 is 41.0 Å². The van der Waals surface area contributed by atoms with E-state index in [-0.39, 0.29) is 16.5 Å². The van der Waals surface area contributed by atoms with Gasteiger partial charge >= 0.3 is 0 Å². The van der Waals surface area contributed by atoms with Crippen molar-refractivity contribution in [2.75, 3.05) is 12.0 Å². The van der Waals surface area contributed by atoms with E-state index in [1.54, 1.807) is 24.3 Å². The van der Waals surface area contributed by atoms with Crippen molar-refractivity contribution in [3.63, 3.8) is 0 Å². The molecule has 0 atom stereocenters. The Bertz CT molecular complexity index is 1640. The molecule has 4 aromatic rings. The molecule has 0 unspecified atom stereocenters. The summed E-state index contributed by atoms with van der Waals surface area (Å²) in [5, 5.41) is 20.1. The van der Waals surface area contributed by atoms with Crippen LogP contribution in [-0.2, 0) is 19.7 Å². The maximum absolute atomic E-state index is 12.2. The van der Waals surface area contributed by atoms with Gasteiger partial charge in [0.2, 0.25) is 0 Å². The smallest absolute Gasteiger partial charge is 0.296 e. The lowest BCUT2D eigenvalue weighted by atomic mass is 10.1. The second-order valence-electron chi connectivity index (χ2n) is 7.59. The molecule has 6 N–H and O–H groups in total. The number of hydrogen-bond donors (Lipinski definition) is 5. The predicted octanol–water partition coefficient (Wildman–Crippen LogP) is 4.70. The van der Waals surface area contributed by atoms with Gasteiger partial charge < -0.3 is 19.9 Å². The Hall–Kier alpha value is -3.42. The molecule has 0 saturated carbocycles. The number of nitrogen functional groups attached to an aromatic ring is 1. The Morgan fingerprint density at radius 2 is 1.61 bits per heavy atom. The Balaban J connectivity index is 2.01. The number of nitrogens with two attached hydrogens (primary N) is 1. The van der Waals surface area contributed by atoms with Gasteiger partial charge in [0.05, 0.1) is 10.6 Å². The zero-order valence-corrected chi connectivity index (χ0v) is 18.7. The average Bonchev–Trinajstić information content (AvgIpc) is 2.70. The fraction of sp³-hybridized carbons (Fsp3) is 0.0476. The fourth-order valence-corrected chi connectivity index (χ4v) is 4.91. The number of rotatable bonds is 4. The number of aromatic hydroxyl groups is 1. The number of azo groups is 1. The Labute approximate surface area is 188 Å². The number of benzene rings is 4. The first-order chi connectivity index (χ1) is 15.2. The molecule has 172 valence electrons. The number of anilines is 1. The lowest BCUT2D eigenvalue weighted by Crippen LogP contribution is -2.29. The first-order valence-corrected chi connectivity index (χ1v) is 13.1. The highest BCUT2D eigenvalue weighted by molar-refractivity contribution is 8.09. The van der Waals surface area contributed by atoms with E-state index in [0.717, 1.165) is 29.0 Å². The molecule has 0 amide bonds. The molecule has 0 radical (unpaired) electrons. The van der Waals surface area contributed by atoms with Gasteiger partial charge in [-0.05, 0) is 35.0 Å². The summed E-state index contributed by atoms with van der Waals surface area (Å²) in [5.41, 5.74) is 5.52. The second kappa shape index (κ2) is 7.30. The third kappa shape index (κ3) is 4.29. The molecule has 0 aliphatic carbocycles. The average molecular weight is 490 g/mol. The first-order valence-electron chi connectivity index (χ1n) is 9.33. The molecule has 33 heavy (non-hydrogen) atoms. The van der Waals surface area contributed by atoms with Crippen LogP contribution in [0.2, 0.25) is 0 Å². The minimum absolute atomic E-state index is 0.102. The van der Waals surface area contributed by atoms with Crippen molar-refractivity contribution in [3.05, 3.63) is 60.7 Å². The fourth-order valence-electron chi connectivity index (χ4n) is 3.46. The van der Waals surface area contributed by atoms with Crippen molar-refractivity contribution in [3.8, 4) is 5.75 Å². The second-order valence-corrected chi connectivity index (χ2v) is 11.9. The zero-order valence-electron chi connectivity index (χ0n) is 17.1. The quantitative estimate of drug-likeness (QED) is 0.155. The van der Waals surface area contributed by atoms with Gasteiger partial charge in [0.15, 0.2) is 5.75 Å². The number of fused-ring (bicyclic) bond motifs is 2. The summed E-state index contributed by atoms with van der Waals surface area (Å²) >= 11 is 0. The standard InChI is InChI=1S/C21H19N3O7S2/c1-33(29,30,31)14-9-13-10-18(32(26,27)28)20(21(25)19(13)16(22)11-14)24-23-17-8-4-6-12-5-2-3-7-15(12)17/h2-11,25H,22H2,1H3,(H,26,27,28)(H2,29,30,31). The molecule has 0 aliphatic heterocycles. The van der Waals surface area contributed by atoms with Crippen molar-refractivity contribution in [1.29, 1.82) is 0 Å². The molecular weight excluding hydrogens is 470 g/mol. The molecule has 0 spiro atoms. The summed E-state index contributed by atoms with van der Waals surface area (Å²) in [6, 6.07) is 15.4. The molecule has 12 heteroatoms. The number of phenolic OH excluding ortho intramolecular Hbond substituents is 1. The van der Waals surface area contributed by atoms with Crippen LogP contribution < -0.4 is 5.73 Å². The predicted molar refractivity (Wildman–Crippen MR) is 126 cm³/mol. The van der Waals surface area contributed by atoms with E-state index in [4.69, 9.17) is 5.73 Å². The Kier molecular flexibility index (Phi) is 5.03. The maximum atomic E-state index is 12.2. The van der Waals surface area contributed by atoms with Crippen LogP contribution in [-0.4, -0.2) is 37.6 Å². The summed E-state index contributed by atoms with van der Waals surface area (Å²) < 4.78 is 65.8. The SMILES string of the molecule is CS(=O)(O)(O)c1cc(N)c2c(O)c(N=Nc3cccc4ccccc34)c(S(=O)(=O)O)cc2c1. The minimum Gasteiger partial charge on any atom is -0.505 e. The zero-order chi connectivity index (χ0) is 24.2. The van der Waals surface area contributed by atoms with Crippen LogP contribution in [0, 0.1) is 0 Å². The molecule has 4 rings (SSSR count). The van der Waals surface area contributed by atoms with Crippen LogP contribution in [0.4, 0.5) is 17.1 Å². The van der Waals surface area contributed by atoms with Gasteiger partial charge in [0.1, 0.15) is 20.2 Å². The number of phenols is 1. The van der Waals surface area contributed by atoms with Crippen LogP contribution in [0.25, 0.3) is 21.5 Å². The van der Waals surface area contributed by atoms with Gasteiger partial charge in [-0.25, -0.2) is 4.21 Å². The maximum Gasteiger partial charge on any atom is 0.296 e. The largest absolute Gasteiger partial charge is 0.505 e. The van der Waals surface area contributed by atoms with E-state index in [9.17, 15) is 31.4 Å². The monoisotopic (exact) mass is 489 g/mol.